The monoisotopic (exact) mass is 502 g/mol. The minimum Gasteiger partial charge on any atom is -0.347 e. The Morgan fingerprint density at radius 2 is 1.86 bits per heavy atom. The lowest BCUT2D eigenvalue weighted by Gasteiger charge is -2.17. The number of carbonyl (C=O) groups is 2. The molecule has 11 heteroatoms. The van der Waals surface area contributed by atoms with E-state index >= 15 is 0 Å². The number of aromatic nitrogens is 6. The maximum absolute atomic E-state index is 13.2. The first-order chi connectivity index (χ1) is 18.1. The van der Waals surface area contributed by atoms with Crippen LogP contribution in [0.3, 0.4) is 0 Å². The van der Waals surface area contributed by atoms with Crippen LogP contribution in [-0.2, 0) is 24.2 Å². The molecule has 0 fully saturated rings. The van der Waals surface area contributed by atoms with Gasteiger partial charge in [0, 0.05) is 37.2 Å². The molecule has 2 aromatic carbocycles. The standard InChI is InChI=1S/C26H30N8O3/c1-2-3-9-23-28-22(17-34(23)16-19-10-12-20(13-11-19)25-29-32-33-30-25)26(36)27-21(15-24(35)31-37)14-18-7-5-4-6-8-18/h4-8,10-13,17,21,37H,2-3,9,14-16H2,1H3,(H,27,36)(H,31,35)(H,29,30,32,33)/t21-/m0/s1. The van der Waals surface area contributed by atoms with Crippen molar-refractivity contribution < 1.29 is 14.8 Å². The molecule has 2 heterocycles. The molecule has 0 saturated carbocycles. The van der Waals surface area contributed by atoms with Crippen molar-refractivity contribution in [3.63, 3.8) is 0 Å². The van der Waals surface area contributed by atoms with Crippen molar-refractivity contribution in [3.8, 4) is 11.4 Å². The van der Waals surface area contributed by atoms with Gasteiger partial charge >= 0.3 is 0 Å². The molecule has 4 aromatic rings. The first-order valence-electron chi connectivity index (χ1n) is 12.2. The second-order valence-electron chi connectivity index (χ2n) is 8.81. The molecule has 4 rings (SSSR count). The summed E-state index contributed by atoms with van der Waals surface area (Å²) in [5.41, 5.74) is 4.80. The van der Waals surface area contributed by atoms with Crippen molar-refractivity contribution >= 4 is 11.8 Å². The largest absolute Gasteiger partial charge is 0.347 e. The molecule has 37 heavy (non-hydrogen) atoms. The van der Waals surface area contributed by atoms with Crippen molar-refractivity contribution in [2.24, 2.45) is 0 Å². The predicted molar refractivity (Wildman–Crippen MR) is 136 cm³/mol. The summed E-state index contributed by atoms with van der Waals surface area (Å²) >= 11 is 0. The third-order valence-corrected chi connectivity index (χ3v) is 5.97. The van der Waals surface area contributed by atoms with Crippen LogP contribution in [0.5, 0.6) is 0 Å². The fourth-order valence-corrected chi connectivity index (χ4v) is 4.08. The Hall–Kier alpha value is -4.38. The van der Waals surface area contributed by atoms with Gasteiger partial charge in [0.2, 0.25) is 11.7 Å². The number of carbonyl (C=O) groups excluding carboxylic acids is 2. The average Bonchev–Trinajstić information content (AvgIpc) is 3.59. The van der Waals surface area contributed by atoms with Crippen LogP contribution in [-0.4, -0.2) is 53.2 Å². The molecular formula is C26H30N8O3. The SMILES string of the molecule is CCCCc1nc(C(=O)N[C@H](CC(=O)NO)Cc2ccccc2)cn1Cc1ccc(-c2nn[nH]n2)cc1. The Morgan fingerprint density at radius 1 is 1.08 bits per heavy atom. The Bertz CT molecular complexity index is 1290. The smallest absolute Gasteiger partial charge is 0.271 e. The summed E-state index contributed by atoms with van der Waals surface area (Å²) < 4.78 is 1.99. The maximum atomic E-state index is 13.2. The minimum atomic E-state index is -0.570. The molecule has 0 aliphatic rings. The summed E-state index contributed by atoms with van der Waals surface area (Å²) in [6, 6.07) is 16.9. The van der Waals surface area contributed by atoms with Gasteiger partial charge in [-0.15, -0.1) is 10.2 Å². The highest BCUT2D eigenvalue weighted by Gasteiger charge is 2.21. The Balaban J connectivity index is 1.50. The summed E-state index contributed by atoms with van der Waals surface area (Å²) in [6.45, 7) is 2.66. The average molecular weight is 503 g/mol. The van der Waals surface area contributed by atoms with Gasteiger partial charge in [-0.25, -0.2) is 10.5 Å². The highest BCUT2D eigenvalue weighted by molar-refractivity contribution is 5.92. The highest BCUT2D eigenvalue weighted by atomic mass is 16.5. The zero-order valence-electron chi connectivity index (χ0n) is 20.6. The number of hydrogen-bond acceptors (Lipinski definition) is 7. The van der Waals surface area contributed by atoms with Gasteiger partial charge in [-0.2, -0.15) is 5.21 Å². The Kier molecular flexibility index (Phi) is 8.71. The number of aryl methyl sites for hydroxylation is 1. The number of amides is 2. The molecule has 0 bridgehead atoms. The fraction of sp³-hybridized carbons (Fsp3) is 0.308. The zero-order chi connectivity index (χ0) is 26.0. The number of rotatable bonds is 12. The van der Waals surface area contributed by atoms with E-state index in [1.54, 1.807) is 11.7 Å². The molecule has 11 nitrogen and oxygen atoms in total. The van der Waals surface area contributed by atoms with Crippen LogP contribution in [0, 0.1) is 0 Å². The first kappa shape index (κ1) is 25.7. The normalized spacial score (nSPS) is 11.7. The maximum Gasteiger partial charge on any atom is 0.271 e. The molecule has 0 saturated heterocycles. The summed E-state index contributed by atoms with van der Waals surface area (Å²) in [5, 5.41) is 26.0. The van der Waals surface area contributed by atoms with Crippen LogP contribution < -0.4 is 10.8 Å². The number of hydrogen-bond donors (Lipinski definition) is 4. The van der Waals surface area contributed by atoms with Gasteiger partial charge in [-0.1, -0.05) is 67.9 Å². The van der Waals surface area contributed by atoms with Gasteiger partial charge < -0.3 is 9.88 Å². The molecule has 0 aliphatic heterocycles. The molecule has 2 amide bonds. The lowest BCUT2D eigenvalue weighted by atomic mass is 10.0. The Labute approximate surface area is 214 Å². The Morgan fingerprint density at radius 3 is 2.54 bits per heavy atom. The van der Waals surface area contributed by atoms with Crippen LogP contribution >= 0.6 is 0 Å². The summed E-state index contributed by atoms with van der Waals surface area (Å²) in [6.07, 6.45) is 4.82. The summed E-state index contributed by atoms with van der Waals surface area (Å²) in [7, 11) is 0. The van der Waals surface area contributed by atoms with Gasteiger partial charge in [0.15, 0.2) is 0 Å². The van der Waals surface area contributed by atoms with Crippen molar-refractivity contribution in [3.05, 3.63) is 83.4 Å². The molecule has 2 aromatic heterocycles. The van der Waals surface area contributed by atoms with E-state index in [-0.39, 0.29) is 18.0 Å². The van der Waals surface area contributed by atoms with E-state index in [4.69, 9.17) is 5.21 Å². The number of benzene rings is 2. The second-order valence-corrected chi connectivity index (χ2v) is 8.81. The summed E-state index contributed by atoms with van der Waals surface area (Å²) in [5.74, 6) is 0.411. The molecule has 192 valence electrons. The van der Waals surface area contributed by atoms with Gasteiger partial charge in [0.1, 0.15) is 11.5 Å². The van der Waals surface area contributed by atoms with Gasteiger partial charge in [-0.05, 0) is 29.2 Å². The van der Waals surface area contributed by atoms with Crippen LogP contribution in [0.4, 0.5) is 0 Å². The molecule has 1 atom stereocenters. The number of nitrogens with zero attached hydrogens (tertiary/aromatic N) is 5. The van der Waals surface area contributed by atoms with E-state index in [0.29, 0.717) is 18.8 Å². The van der Waals surface area contributed by atoms with Crippen LogP contribution in [0.1, 0.15) is 53.6 Å². The predicted octanol–water partition coefficient (Wildman–Crippen LogP) is 2.69. The lowest BCUT2D eigenvalue weighted by molar-refractivity contribution is -0.129. The molecular weight excluding hydrogens is 472 g/mol. The van der Waals surface area contributed by atoms with E-state index in [0.717, 1.165) is 41.8 Å². The molecule has 0 spiro atoms. The number of tetrazole rings is 1. The van der Waals surface area contributed by atoms with Crippen molar-refractivity contribution in [2.45, 2.75) is 51.6 Å². The van der Waals surface area contributed by atoms with Gasteiger partial charge in [0.05, 0.1) is 0 Å². The lowest BCUT2D eigenvalue weighted by Crippen LogP contribution is -2.40. The number of nitrogens with one attached hydrogen (secondary N) is 3. The quantitative estimate of drug-likeness (QED) is 0.172. The van der Waals surface area contributed by atoms with Crippen molar-refractivity contribution in [1.29, 1.82) is 0 Å². The third-order valence-electron chi connectivity index (χ3n) is 5.97. The van der Waals surface area contributed by atoms with Crippen LogP contribution in [0.25, 0.3) is 11.4 Å². The minimum absolute atomic E-state index is 0.0622. The van der Waals surface area contributed by atoms with E-state index in [9.17, 15) is 9.59 Å². The fourth-order valence-electron chi connectivity index (χ4n) is 4.08. The van der Waals surface area contributed by atoms with E-state index < -0.39 is 11.9 Å². The zero-order valence-corrected chi connectivity index (χ0v) is 20.6. The van der Waals surface area contributed by atoms with Gasteiger partial charge in [0.25, 0.3) is 5.91 Å². The van der Waals surface area contributed by atoms with E-state index in [2.05, 4.69) is 37.8 Å². The highest BCUT2D eigenvalue weighted by Crippen LogP contribution is 2.17. The van der Waals surface area contributed by atoms with Gasteiger partial charge in [-0.3, -0.25) is 14.8 Å². The number of imidazole rings is 1. The number of hydroxylamine groups is 1. The number of unbranched alkanes of at least 4 members (excludes halogenated alkanes) is 1. The molecule has 0 radical (unpaired) electrons. The number of aromatic amines is 1. The molecule has 0 aliphatic carbocycles. The topological polar surface area (TPSA) is 151 Å². The van der Waals surface area contributed by atoms with E-state index in [1.165, 1.54) is 0 Å². The third kappa shape index (κ3) is 7.07. The van der Waals surface area contributed by atoms with E-state index in [1.807, 2.05) is 59.2 Å². The van der Waals surface area contributed by atoms with Crippen LogP contribution in [0.2, 0.25) is 0 Å². The molecule has 0 unspecified atom stereocenters. The summed E-state index contributed by atoms with van der Waals surface area (Å²) in [4.78, 5) is 29.7. The van der Waals surface area contributed by atoms with Crippen LogP contribution in [0.15, 0.2) is 60.8 Å². The first-order valence-corrected chi connectivity index (χ1v) is 12.2. The van der Waals surface area contributed by atoms with Crippen molar-refractivity contribution in [1.82, 2.24) is 41.0 Å². The molecule has 4 N–H and O–H groups in total. The second kappa shape index (κ2) is 12.5. The van der Waals surface area contributed by atoms with Crippen molar-refractivity contribution in [2.75, 3.05) is 0 Å². The number of H-pyrrole nitrogens is 1.